The molecule has 2 aliphatic heterocycles. The fourth-order valence-corrected chi connectivity index (χ4v) is 4.73. The van der Waals surface area contributed by atoms with Crippen molar-refractivity contribution in [1.82, 2.24) is 10.2 Å². The van der Waals surface area contributed by atoms with Crippen LogP contribution in [0, 0.1) is 11.7 Å². The van der Waals surface area contributed by atoms with Gasteiger partial charge in [0.2, 0.25) is 0 Å². The lowest BCUT2D eigenvalue weighted by atomic mass is 9.88. The van der Waals surface area contributed by atoms with Gasteiger partial charge in [-0.15, -0.1) is 0 Å². The third kappa shape index (κ3) is 2.51. The number of benzene rings is 1. The summed E-state index contributed by atoms with van der Waals surface area (Å²) in [6, 6.07) is 6.82. The molecule has 2 saturated heterocycles. The van der Waals surface area contributed by atoms with Crippen molar-refractivity contribution in [3.8, 4) is 0 Å². The van der Waals surface area contributed by atoms with Gasteiger partial charge in [0.1, 0.15) is 5.82 Å². The lowest BCUT2D eigenvalue weighted by molar-refractivity contribution is 0.107. The van der Waals surface area contributed by atoms with Crippen molar-refractivity contribution in [1.29, 1.82) is 0 Å². The van der Waals surface area contributed by atoms with Gasteiger partial charge in [0, 0.05) is 18.6 Å². The average molecular weight is 288 g/mol. The summed E-state index contributed by atoms with van der Waals surface area (Å²) in [6.07, 6.45) is 7.34. The zero-order valence-electron chi connectivity index (χ0n) is 12.7. The highest BCUT2D eigenvalue weighted by Crippen LogP contribution is 2.39. The minimum atomic E-state index is 0.000944. The van der Waals surface area contributed by atoms with E-state index >= 15 is 0 Å². The molecule has 3 unspecified atom stereocenters. The maximum Gasteiger partial charge on any atom is 0.126 e. The summed E-state index contributed by atoms with van der Waals surface area (Å²) in [5, 5.41) is 3.68. The molecule has 1 N–H and O–H groups in total. The Hall–Kier alpha value is -0.930. The molecule has 4 rings (SSSR count). The normalized spacial score (nSPS) is 33.3. The molecule has 1 aliphatic carbocycles. The highest BCUT2D eigenvalue weighted by atomic mass is 19.1. The number of halogens is 1. The van der Waals surface area contributed by atoms with Crippen molar-refractivity contribution >= 4 is 0 Å². The molecule has 0 spiro atoms. The van der Waals surface area contributed by atoms with Crippen LogP contribution in [0.2, 0.25) is 0 Å². The third-order valence-corrected chi connectivity index (χ3v) is 5.78. The number of hydrogen-bond donors (Lipinski definition) is 1. The number of hydrogen-bond acceptors (Lipinski definition) is 2. The maximum atomic E-state index is 13.9. The molecule has 0 saturated carbocycles. The van der Waals surface area contributed by atoms with Crippen LogP contribution >= 0.6 is 0 Å². The van der Waals surface area contributed by atoms with Gasteiger partial charge in [0.15, 0.2) is 0 Å². The second-order valence-electron chi connectivity index (χ2n) is 6.96. The smallest absolute Gasteiger partial charge is 0.126 e. The largest absolute Gasteiger partial charge is 0.314 e. The molecule has 2 heterocycles. The van der Waals surface area contributed by atoms with Crippen LogP contribution in [-0.4, -0.2) is 30.6 Å². The van der Waals surface area contributed by atoms with E-state index in [1.807, 2.05) is 6.07 Å². The zero-order valence-corrected chi connectivity index (χ0v) is 12.7. The molecular formula is C18H25FN2. The molecule has 1 aromatic carbocycles. The molecule has 3 atom stereocenters. The van der Waals surface area contributed by atoms with Crippen molar-refractivity contribution in [2.24, 2.45) is 5.92 Å². The Kier molecular flexibility index (Phi) is 3.72. The monoisotopic (exact) mass is 288 g/mol. The average Bonchev–Trinajstić information content (AvgIpc) is 3.18. The number of rotatable bonds is 2. The summed E-state index contributed by atoms with van der Waals surface area (Å²) in [6.45, 7) is 3.57. The van der Waals surface area contributed by atoms with Crippen LogP contribution in [0.1, 0.15) is 49.3 Å². The third-order valence-electron chi connectivity index (χ3n) is 5.78. The predicted octanol–water partition coefficient (Wildman–Crippen LogP) is 3.28. The molecule has 2 nitrogen and oxygen atoms in total. The molecule has 2 fully saturated rings. The van der Waals surface area contributed by atoms with E-state index in [0.717, 1.165) is 30.4 Å². The Bertz CT molecular complexity index is 510. The SMILES string of the molecule is Fc1cccc2c1CCC2N1CCCC(C2CCCN2)C1. The summed E-state index contributed by atoms with van der Waals surface area (Å²) < 4.78 is 13.9. The van der Waals surface area contributed by atoms with Crippen LogP contribution in [0.5, 0.6) is 0 Å². The fourth-order valence-electron chi connectivity index (χ4n) is 4.73. The maximum absolute atomic E-state index is 13.9. The van der Waals surface area contributed by atoms with E-state index in [2.05, 4.69) is 16.3 Å². The van der Waals surface area contributed by atoms with Gasteiger partial charge < -0.3 is 5.32 Å². The van der Waals surface area contributed by atoms with Crippen molar-refractivity contribution in [3.63, 3.8) is 0 Å². The first-order valence-corrected chi connectivity index (χ1v) is 8.57. The van der Waals surface area contributed by atoms with Crippen molar-refractivity contribution in [3.05, 3.63) is 35.1 Å². The first-order valence-electron chi connectivity index (χ1n) is 8.57. The number of nitrogens with one attached hydrogen (secondary N) is 1. The molecule has 114 valence electrons. The Labute approximate surface area is 126 Å². The summed E-state index contributed by atoms with van der Waals surface area (Å²) >= 11 is 0. The number of likely N-dealkylation sites (tertiary alicyclic amines) is 1. The lowest BCUT2D eigenvalue weighted by Crippen LogP contribution is -2.44. The molecule has 3 heteroatoms. The second kappa shape index (κ2) is 5.69. The minimum Gasteiger partial charge on any atom is -0.314 e. The van der Waals surface area contributed by atoms with Crippen LogP contribution in [0.3, 0.4) is 0 Å². The van der Waals surface area contributed by atoms with Crippen LogP contribution in [0.15, 0.2) is 18.2 Å². The van der Waals surface area contributed by atoms with E-state index in [1.54, 1.807) is 6.07 Å². The molecule has 0 amide bonds. The van der Waals surface area contributed by atoms with Crippen LogP contribution in [0.25, 0.3) is 0 Å². The van der Waals surface area contributed by atoms with E-state index < -0.39 is 0 Å². The van der Waals surface area contributed by atoms with E-state index in [1.165, 1.54) is 50.9 Å². The van der Waals surface area contributed by atoms with Gasteiger partial charge in [-0.3, -0.25) is 4.90 Å². The highest BCUT2D eigenvalue weighted by molar-refractivity contribution is 5.35. The quantitative estimate of drug-likeness (QED) is 0.898. The highest BCUT2D eigenvalue weighted by Gasteiger charge is 2.35. The summed E-state index contributed by atoms with van der Waals surface area (Å²) in [5.74, 6) is 0.792. The van der Waals surface area contributed by atoms with Crippen molar-refractivity contribution in [2.45, 2.75) is 50.6 Å². The summed E-state index contributed by atoms with van der Waals surface area (Å²) in [5.41, 5.74) is 2.23. The molecule has 1 aromatic rings. The Balaban J connectivity index is 1.51. The Morgan fingerprint density at radius 3 is 2.95 bits per heavy atom. The molecule has 21 heavy (non-hydrogen) atoms. The van der Waals surface area contributed by atoms with E-state index in [4.69, 9.17) is 0 Å². The molecule has 0 radical (unpaired) electrons. The van der Waals surface area contributed by atoms with Gasteiger partial charge in [-0.25, -0.2) is 4.39 Å². The molecular weight excluding hydrogens is 263 g/mol. The first-order chi connectivity index (χ1) is 10.3. The van der Waals surface area contributed by atoms with Crippen LogP contribution in [0.4, 0.5) is 4.39 Å². The van der Waals surface area contributed by atoms with E-state index in [0.29, 0.717) is 6.04 Å². The number of fused-ring (bicyclic) bond motifs is 1. The van der Waals surface area contributed by atoms with Crippen molar-refractivity contribution in [2.75, 3.05) is 19.6 Å². The van der Waals surface area contributed by atoms with Gasteiger partial charge in [0.05, 0.1) is 0 Å². The topological polar surface area (TPSA) is 15.3 Å². The first kappa shape index (κ1) is 13.7. The summed E-state index contributed by atoms with van der Waals surface area (Å²) in [7, 11) is 0. The van der Waals surface area contributed by atoms with Gasteiger partial charge in [-0.1, -0.05) is 12.1 Å². The lowest BCUT2D eigenvalue weighted by Gasteiger charge is -2.39. The van der Waals surface area contributed by atoms with Gasteiger partial charge >= 0.3 is 0 Å². The predicted molar refractivity (Wildman–Crippen MR) is 82.8 cm³/mol. The fraction of sp³-hybridized carbons (Fsp3) is 0.667. The standard InChI is InChI=1S/C18H25FN2/c19-16-6-1-5-15-14(16)8-9-18(15)21-11-3-4-13(12-21)17-7-2-10-20-17/h1,5-6,13,17-18,20H,2-4,7-12H2. The molecule has 3 aliphatic rings. The molecule has 0 bridgehead atoms. The minimum absolute atomic E-state index is 0.000944. The van der Waals surface area contributed by atoms with Crippen LogP contribution < -0.4 is 5.32 Å². The number of piperidine rings is 1. The second-order valence-corrected chi connectivity index (χ2v) is 6.96. The van der Waals surface area contributed by atoms with Gasteiger partial charge in [-0.05, 0) is 74.7 Å². The van der Waals surface area contributed by atoms with E-state index in [-0.39, 0.29) is 5.82 Å². The van der Waals surface area contributed by atoms with Crippen LogP contribution in [-0.2, 0) is 6.42 Å². The Morgan fingerprint density at radius 2 is 2.10 bits per heavy atom. The van der Waals surface area contributed by atoms with Crippen molar-refractivity contribution < 1.29 is 4.39 Å². The van der Waals surface area contributed by atoms with Gasteiger partial charge in [0.25, 0.3) is 0 Å². The number of nitrogens with zero attached hydrogens (tertiary/aromatic N) is 1. The zero-order chi connectivity index (χ0) is 14.2. The van der Waals surface area contributed by atoms with E-state index in [9.17, 15) is 4.39 Å². The molecule has 0 aromatic heterocycles. The van der Waals surface area contributed by atoms with Gasteiger partial charge in [-0.2, -0.15) is 0 Å². The summed E-state index contributed by atoms with van der Waals surface area (Å²) in [4.78, 5) is 2.64. The Morgan fingerprint density at radius 1 is 1.14 bits per heavy atom.